The van der Waals surface area contributed by atoms with Crippen molar-refractivity contribution in [1.29, 1.82) is 0 Å². The van der Waals surface area contributed by atoms with Gasteiger partial charge >= 0.3 is 0 Å². The van der Waals surface area contributed by atoms with E-state index in [-0.39, 0.29) is 12.6 Å². The number of ketones is 1. The topological polar surface area (TPSA) is 47.6 Å². The van der Waals surface area contributed by atoms with Crippen LogP contribution in [-0.4, -0.2) is 19.1 Å². The molecule has 2 aromatic carbocycles. The number of anilines is 1. The Bertz CT molecular complexity index is 719. The number of halogens is 2. The first-order valence-electron chi connectivity index (χ1n) is 6.75. The van der Waals surface area contributed by atoms with Crippen molar-refractivity contribution >= 4 is 34.7 Å². The average Bonchev–Trinajstić information content (AvgIpc) is 2.97. The summed E-state index contributed by atoms with van der Waals surface area (Å²) >= 11 is 11.8. The summed E-state index contributed by atoms with van der Waals surface area (Å²) in [4.78, 5) is 12.1. The van der Waals surface area contributed by atoms with Crippen LogP contribution >= 0.6 is 23.2 Å². The third-order valence-electron chi connectivity index (χ3n) is 3.30. The lowest BCUT2D eigenvalue weighted by atomic mass is 10.1. The Balaban J connectivity index is 1.56. The van der Waals surface area contributed by atoms with E-state index in [4.69, 9.17) is 32.7 Å². The lowest BCUT2D eigenvalue weighted by Crippen LogP contribution is -2.08. The standard InChI is InChI=1S/C16H13Cl2NO3/c17-12-3-1-10(7-13(12)18)14(20)5-6-19-11-2-4-15-16(8-11)22-9-21-15/h1-4,7-8,19H,5-6,9H2. The van der Waals surface area contributed by atoms with Gasteiger partial charge in [-0.3, -0.25) is 4.79 Å². The number of nitrogens with one attached hydrogen (secondary N) is 1. The van der Waals surface area contributed by atoms with Gasteiger partial charge < -0.3 is 14.8 Å². The lowest BCUT2D eigenvalue weighted by molar-refractivity contribution is 0.0986. The fourth-order valence-corrected chi connectivity index (χ4v) is 2.44. The molecule has 6 heteroatoms. The largest absolute Gasteiger partial charge is 0.454 e. The first-order valence-corrected chi connectivity index (χ1v) is 7.51. The number of hydrogen-bond donors (Lipinski definition) is 1. The summed E-state index contributed by atoms with van der Waals surface area (Å²) in [6.07, 6.45) is 0.354. The second-order valence-electron chi connectivity index (χ2n) is 4.80. The SMILES string of the molecule is O=C(CCNc1ccc2c(c1)OCO2)c1ccc(Cl)c(Cl)c1. The normalized spacial score (nSPS) is 12.3. The van der Waals surface area contributed by atoms with E-state index in [1.807, 2.05) is 18.2 Å². The molecular formula is C16H13Cl2NO3. The van der Waals surface area contributed by atoms with Gasteiger partial charge in [0.15, 0.2) is 17.3 Å². The van der Waals surface area contributed by atoms with Crippen LogP contribution in [0.2, 0.25) is 10.0 Å². The molecule has 0 unspecified atom stereocenters. The molecule has 0 fully saturated rings. The van der Waals surface area contributed by atoms with E-state index < -0.39 is 0 Å². The quantitative estimate of drug-likeness (QED) is 0.821. The van der Waals surface area contributed by atoms with E-state index in [9.17, 15) is 4.79 Å². The minimum atomic E-state index is 0.00631. The molecule has 0 aliphatic carbocycles. The highest BCUT2D eigenvalue weighted by Gasteiger charge is 2.13. The molecule has 1 aliphatic rings. The minimum Gasteiger partial charge on any atom is -0.454 e. The van der Waals surface area contributed by atoms with Gasteiger partial charge in [0.1, 0.15) is 0 Å². The monoisotopic (exact) mass is 337 g/mol. The number of hydrogen-bond acceptors (Lipinski definition) is 4. The molecule has 4 nitrogen and oxygen atoms in total. The van der Waals surface area contributed by atoms with Crippen molar-refractivity contribution in [3.63, 3.8) is 0 Å². The first kappa shape index (κ1) is 15.0. The Morgan fingerprint density at radius 3 is 2.68 bits per heavy atom. The van der Waals surface area contributed by atoms with Gasteiger partial charge in [-0.2, -0.15) is 0 Å². The van der Waals surface area contributed by atoms with Crippen LogP contribution in [0.15, 0.2) is 36.4 Å². The maximum absolute atomic E-state index is 12.1. The van der Waals surface area contributed by atoms with Crippen molar-refractivity contribution in [3.8, 4) is 11.5 Å². The summed E-state index contributed by atoms with van der Waals surface area (Å²) in [6.45, 7) is 0.757. The number of Topliss-reactive ketones (excluding diaryl/α,β-unsaturated/α-hetero) is 1. The zero-order valence-corrected chi connectivity index (χ0v) is 13.1. The van der Waals surface area contributed by atoms with Crippen LogP contribution in [0.1, 0.15) is 16.8 Å². The Kier molecular flexibility index (Phi) is 4.41. The maximum Gasteiger partial charge on any atom is 0.231 e. The van der Waals surface area contributed by atoms with Gasteiger partial charge in [0.05, 0.1) is 10.0 Å². The smallest absolute Gasteiger partial charge is 0.231 e. The fraction of sp³-hybridized carbons (Fsp3) is 0.188. The molecule has 0 amide bonds. The van der Waals surface area contributed by atoms with Crippen LogP contribution in [0.4, 0.5) is 5.69 Å². The van der Waals surface area contributed by atoms with E-state index in [0.717, 1.165) is 11.4 Å². The van der Waals surface area contributed by atoms with Crippen LogP contribution < -0.4 is 14.8 Å². The molecule has 3 rings (SSSR count). The van der Waals surface area contributed by atoms with E-state index in [2.05, 4.69) is 5.32 Å². The number of benzene rings is 2. The van der Waals surface area contributed by atoms with Crippen LogP contribution in [-0.2, 0) is 0 Å². The Morgan fingerprint density at radius 1 is 1.05 bits per heavy atom. The summed E-state index contributed by atoms with van der Waals surface area (Å²) in [7, 11) is 0. The highest BCUT2D eigenvalue weighted by molar-refractivity contribution is 6.42. The van der Waals surface area contributed by atoms with E-state index in [0.29, 0.717) is 34.3 Å². The van der Waals surface area contributed by atoms with Crippen molar-refractivity contribution in [2.75, 3.05) is 18.7 Å². The predicted octanol–water partition coefficient (Wildman–Crippen LogP) is 4.41. The average molecular weight is 338 g/mol. The molecule has 114 valence electrons. The highest BCUT2D eigenvalue weighted by Crippen LogP contribution is 2.34. The Labute approximate surface area is 137 Å². The number of rotatable bonds is 5. The lowest BCUT2D eigenvalue weighted by Gasteiger charge is -2.07. The van der Waals surface area contributed by atoms with Gasteiger partial charge in [0.2, 0.25) is 6.79 Å². The second kappa shape index (κ2) is 6.46. The Hall–Kier alpha value is -1.91. The molecule has 0 saturated carbocycles. The van der Waals surface area contributed by atoms with Crippen LogP contribution in [0.3, 0.4) is 0 Å². The number of carbonyl (C=O) groups is 1. The van der Waals surface area contributed by atoms with Gasteiger partial charge in [0.25, 0.3) is 0 Å². The van der Waals surface area contributed by atoms with E-state index >= 15 is 0 Å². The molecule has 0 atom stereocenters. The van der Waals surface area contributed by atoms with Crippen LogP contribution in [0, 0.1) is 0 Å². The summed E-state index contributed by atoms with van der Waals surface area (Å²) < 4.78 is 10.6. The fourth-order valence-electron chi connectivity index (χ4n) is 2.14. The summed E-state index contributed by atoms with van der Waals surface area (Å²) in [5.74, 6) is 1.45. The number of carbonyl (C=O) groups excluding carboxylic acids is 1. The van der Waals surface area contributed by atoms with Gasteiger partial charge in [-0.15, -0.1) is 0 Å². The molecule has 0 radical (unpaired) electrons. The van der Waals surface area contributed by atoms with Gasteiger partial charge in [-0.05, 0) is 30.3 Å². The van der Waals surface area contributed by atoms with Crippen LogP contribution in [0.25, 0.3) is 0 Å². The molecule has 2 aromatic rings. The summed E-state index contributed by atoms with van der Waals surface area (Å²) in [5.41, 5.74) is 1.44. The molecule has 0 saturated heterocycles. The summed E-state index contributed by atoms with van der Waals surface area (Å²) in [5, 5.41) is 4.01. The van der Waals surface area contributed by atoms with E-state index in [1.54, 1.807) is 18.2 Å². The molecule has 0 aromatic heterocycles. The number of ether oxygens (including phenoxy) is 2. The number of fused-ring (bicyclic) bond motifs is 1. The van der Waals surface area contributed by atoms with Gasteiger partial charge in [0, 0.05) is 30.3 Å². The predicted molar refractivity (Wildman–Crippen MR) is 86.5 cm³/mol. The molecule has 1 heterocycles. The molecule has 0 bridgehead atoms. The van der Waals surface area contributed by atoms with Crippen molar-refractivity contribution in [1.82, 2.24) is 0 Å². The first-order chi connectivity index (χ1) is 10.6. The molecule has 0 spiro atoms. The zero-order chi connectivity index (χ0) is 15.5. The van der Waals surface area contributed by atoms with Crippen molar-refractivity contribution in [2.24, 2.45) is 0 Å². The van der Waals surface area contributed by atoms with Gasteiger partial charge in [-0.1, -0.05) is 23.2 Å². The highest BCUT2D eigenvalue weighted by atomic mass is 35.5. The van der Waals surface area contributed by atoms with Crippen molar-refractivity contribution < 1.29 is 14.3 Å². The second-order valence-corrected chi connectivity index (χ2v) is 5.61. The molecule has 1 aliphatic heterocycles. The zero-order valence-electron chi connectivity index (χ0n) is 11.6. The maximum atomic E-state index is 12.1. The van der Waals surface area contributed by atoms with Gasteiger partial charge in [-0.25, -0.2) is 0 Å². The third kappa shape index (κ3) is 3.29. The third-order valence-corrected chi connectivity index (χ3v) is 4.03. The molecular weight excluding hydrogens is 325 g/mol. The van der Waals surface area contributed by atoms with E-state index in [1.165, 1.54) is 0 Å². The molecule has 1 N–H and O–H groups in total. The minimum absolute atomic E-state index is 0.00631. The Morgan fingerprint density at radius 2 is 1.86 bits per heavy atom. The summed E-state index contributed by atoms with van der Waals surface area (Å²) in [6, 6.07) is 10.5. The van der Waals surface area contributed by atoms with Crippen molar-refractivity contribution in [2.45, 2.75) is 6.42 Å². The van der Waals surface area contributed by atoms with Crippen LogP contribution in [0.5, 0.6) is 11.5 Å². The molecule has 22 heavy (non-hydrogen) atoms. The van der Waals surface area contributed by atoms with Crippen molar-refractivity contribution in [3.05, 3.63) is 52.0 Å².